The smallest absolute Gasteiger partial charge is 0.462 e. The van der Waals surface area contributed by atoms with Gasteiger partial charge in [-0.15, -0.1) is 0 Å². The molecule has 2 unspecified atom stereocenters. The minimum Gasteiger partial charge on any atom is -0.462 e. The van der Waals surface area contributed by atoms with Crippen LogP contribution in [0.2, 0.25) is 0 Å². The number of allylic oxidation sites excluding steroid dienone is 12. The topological polar surface area (TPSA) is 134 Å². The average Bonchev–Trinajstić information content (AvgIpc) is 3.62. The zero-order valence-corrected chi connectivity index (χ0v) is 58.2. The molecule has 10 heteroatoms. The van der Waals surface area contributed by atoms with Crippen LogP contribution in [0.3, 0.4) is 0 Å². The Kier molecular flexibility index (Phi) is 70.4. The number of carbonyl (C=O) groups excluding carboxylic acids is 2. The molecular formula is C77H142NO8P. The summed E-state index contributed by atoms with van der Waals surface area (Å²) in [4.78, 5) is 35.4. The molecule has 0 aliphatic heterocycles. The van der Waals surface area contributed by atoms with Gasteiger partial charge in [-0.1, -0.05) is 369 Å². The van der Waals surface area contributed by atoms with Gasteiger partial charge in [0, 0.05) is 19.4 Å². The third-order valence-electron chi connectivity index (χ3n) is 16.6. The highest BCUT2D eigenvalue weighted by molar-refractivity contribution is 7.47. The molecule has 87 heavy (non-hydrogen) atoms. The molecule has 0 saturated carbocycles. The minimum atomic E-state index is -4.40. The standard InChI is InChI=1S/C77H142NO8P/c1-3-5-7-9-11-13-15-17-19-21-23-25-27-29-31-32-33-34-35-36-37-38-39-40-41-42-44-45-47-49-51-53-55-57-59-61-63-65-67-69-76(79)83-73-75(74-85-87(81,82)84-72-71-78)86-77(80)70-68-66-64-62-60-58-56-54-52-50-48-46-43-30-28-26-24-22-20-18-16-14-12-10-8-6-4-2/h6,8,12,14,18,20,24,26,30,43,48,50,75H,3-5,7,9-11,13,15-17,19,21-23,25,27-29,31-42,44-47,49,51-74,78H2,1-2H3,(H,81,82)/b8-6-,14-12-,20-18-,26-24-,43-30-,50-48-. The van der Waals surface area contributed by atoms with Crippen molar-refractivity contribution < 1.29 is 37.6 Å². The number of esters is 2. The van der Waals surface area contributed by atoms with Gasteiger partial charge in [-0.2, -0.15) is 0 Å². The molecule has 0 saturated heterocycles. The number of carbonyl (C=O) groups is 2. The number of unbranched alkanes of at least 4 members (excludes halogenated alkanes) is 46. The zero-order chi connectivity index (χ0) is 63.0. The molecule has 2 atom stereocenters. The SMILES string of the molecule is CC/C=C\C/C=C\C/C=C\C/C=C\C/C=C\C/C=C\CCCCCCCCCCC(=O)OC(COC(=O)CCCCCCCCCCCCCCCCCCCCCCCCCCCCCCCCCCCCCCCCC)COP(=O)(O)OCCN. The number of phosphoric ester groups is 1. The quantitative estimate of drug-likeness (QED) is 0.0264. The van der Waals surface area contributed by atoms with E-state index in [9.17, 15) is 19.0 Å². The second-order valence-electron chi connectivity index (χ2n) is 25.1. The molecule has 0 heterocycles. The third kappa shape index (κ3) is 72.4. The molecule has 0 aromatic heterocycles. The normalized spacial score (nSPS) is 13.3. The third-order valence-corrected chi connectivity index (χ3v) is 17.6. The predicted octanol–water partition coefficient (Wildman–Crippen LogP) is 24.8. The van der Waals surface area contributed by atoms with E-state index in [1.54, 1.807) is 0 Å². The van der Waals surface area contributed by atoms with Gasteiger partial charge >= 0.3 is 19.8 Å². The van der Waals surface area contributed by atoms with Gasteiger partial charge in [0.2, 0.25) is 0 Å². The summed E-state index contributed by atoms with van der Waals surface area (Å²) in [5.41, 5.74) is 5.40. The number of nitrogens with two attached hydrogens (primary N) is 1. The lowest BCUT2D eigenvalue weighted by atomic mass is 10.0. The maximum absolute atomic E-state index is 12.8. The summed E-state index contributed by atoms with van der Waals surface area (Å²) in [7, 11) is -4.40. The number of phosphoric acid groups is 1. The van der Waals surface area contributed by atoms with Crippen LogP contribution in [0.25, 0.3) is 0 Å². The van der Waals surface area contributed by atoms with Crippen molar-refractivity contribution in [2.75, 3.05) is 26.4 Å². The Morgan fingerprint density at radius 2 is 0.632 bits per heavy atom. The Hall–Kier alpha value is -2.55. The second-order valence-corrected chi connectivity index (χ2v) is 26.6. The number of rotatable bonds is 71. The highest BCUT2D eigenvalue weighted by Crippen LogP contribution is 2.43. The Labute approximate surface area is 539 Å². The first kappa shape index (κ1) is 84.5. The molecule has 0 fully saturated rings. The zero-order valence-electron chi connectivity index (χ0n) is 57.3. The van der Waals surface area contributed by atoms with E-state index in [1.807, 2.05) is 0 Å². The molecule has 0 aromatic rings. The van der Waals surface area contributed by atoms with Crippen molar-refractivity contribution in [3.8, 4) is 0 Å². The van der Waals surface area contributed by atoms with Crippen molar-refractivity contribution in [3.05, 3.63) is 72.9 Å². The fourth-order valence-electron chi connectivity index (χ4n) is 11.1. The summed E-state index contributed by atoms with van der Waals surface area (Å²) in [5, 5.41) is 0. The molecule has 0 aromatic carbocycles. The molecular weight excluding hydrogens is 1100 g/mol. The van der Waals surface area contributed by atoms with Crippen LogP contribution < -0.4 is 5.73 Å². The molecule has 0 amide bonds. The Bertz CT molecular complexity index is 1660. The predicted molar refractivity (Wildman–Crippen MR) is 376 cm³/mol. The van der Waals surface area contributed by atoms with Crippen molar-refractivity contribution in [2.45, 2.75) is 380 Å². The Morgan fingerprint density at radius 3 is 0.943 bits per heavy atom. The first-order valence-electron chi connectivity index (χ1n) is 37.4. The summed E-state index contributed by atoms with van der Waals surface area (Å²) in [6.45, 7) is 3.67. The number of hydrogen-bond acceptors (Lipinski definition) is 8. The fourth-order valence-corrected chi connectivity index (χ4v) is 11.9. The molecule has 0 bridgehead atoms. The van der Waals surface area contributed by atoms with Gasteiger partial charge in [-0.25, -0.2) is 4.57 Å². The maximum atomic E-state index is 12.8. The van der Waals surface area contributed by atoms with Crippen LogP contribution >= 0.6 is 7.82 Å². The van der Waals surface area contributed by atoms with Crippen LogP contribution in [-0.4, -0.2) is 49.3 Å². The second kappa shape index (κ2) is 72.5. The number of ether oxygens (including phenoxy) is 2. The van der Waals surface area contributed by atoms with E-state index < -0.39 is 26.5 Å². The molecule has 0 radical (unpaired) electrons. The molecule has 3 N–H and O–H groups in total. The molecule has 0 aliphatic rings. The highest BCUT2D eigenvalue weighted by Gasteiger charge is 2.26. The summed E-state index contributed by atoms with van der Waals surface area (Å²) in [6, 6.07) is 0. The van der Waals surface area contributed by atoms with Crippen molar-refractivity contribution in [1.82, 2.24) is 0 Å². The van der Waals surface area contributed by atoms with Crippen LogP contribution in [0.15, 0.2) is 72.9 Å². The van der Waals surface area contributed by atoms with Gasteiger partial charge in [0.1, 0.15) is 6.61 Å². The monoisotopic (exact) mass is 1240 g/mol. The van der Waals surface area contributed by atoms with Gasteiger partial charge in [0.05, 0.1) is 13.2 Å². The molecule has 0 rings (SSSR count). The lowest BCUT2D eigenvalue weighted by Crippen LogP contribution is -2.29. The summed E-state index contributed by atoms with van der Waals surface area (Å²) < 4.78 is 33.2. The van der Waals surface area contributed by atoms with Crippen LogP contribution in [0.5, 0.6) is 0 Å². The minimum absolute atomic E-state index is 0.0504. The average molecular weight is 1240 g/mol. The van der Waals surface area contributed by atoms with E-state index in [0.29, 0.717) is 6.42 Å². The van der Waals surface area contributed by atoms with Crippen LogP contribution in [0.1, 0.15) is 373 Å². The first-order chi connectivity index (χ1) is 42.8. The summed E-state index contributed by atoms with van der Waals surface area (Å²) in [5.74, 6) is -0.824. The summed E-state index contributed by atoms with van der Waals surface area (Å²) >= 11 is 0. The van der Waals surface area contributed by atoms with Gasteiger partial charge in [0.25, 0.3) is 0 Å². The molecule has 0 aliphatic carbocycles. The van der Waals surface area contributed by atoms with Crippen LogP contribution in [-0.2, 0) is 32.7 Å². The van der Waals surface area contributed by atoms with Crippen molar-refractivity contribution in [1.29, 1.82) is 0 Å². The Morgan fingerprint density at radius 1 is 0.356 bits per heavy atom. The fraction of sp³-hybridized carbons (Fsp3) is 0.818. The van der Waals surface area contributed by atoms with Gasteiger partial charge in [-0.05, 0) is 64.2 Å². The van der Waals surface area contributed by atoms with Crippen molar-refractivity contribution in [3.63, 3.8) is 0 Å². The van der Waals surface area contributed by atoms with E-state index in [2.05, 4.69) is 86.8 Å². The maximum Gasteiger partial charge on any atom is 0.472 e. The lowest BCUT2D eigenvalue weighted by Gasteiger charge is -2.19. The van der Waals surface area contributed by atoms with E-state index in [4.69, 9.17) is 24.3 Å². The van der Waals surface area contributed by atoms with Crippen LogP contribution in [0.4, 0.5) is 0 Å². The molecule has 9 nitrogen and oxygen atoms in total. The molecule has 0 spiro atoms. The first-order valence-corrected chi connectivity index (χ1v) is 38.9. The van der Waals surface area contributed by atoms with E-state index >= 15 is 0 Å². The van der Waals surface area contributed by atoms with Gasteiger partial charge < -0.3 is 20.1 Å². The summed E-state index contributed by atoms with van der Waals surface area (Å²) in [6.07, 6.45) is 96.0. The van der Waals surface area contributed by atoms with Crippen molar-refractivity contribution in [2.24, 2.45) is 5.73 Å². The van der Waals surface area contributed by atoms with Gasteiger partial charge in [0.15, 0.2) is 6.10 Å². The van der Waals surface area contributed by atoms with E-state index in [-0.39, 0.29) is 38.6 Å². The lowest BCUT2D eigenvalue weighted by molar-refractivity contribution is -0.161. The van der Waals surface area contributed by atoms with E-state index in [0.717, 1.165) is 83.5 Å². The molecule has 508 valence electrons. The van der Waals surface area contributed by atoms with E-state index in [1.165, 1.54) is 257 Å². The Balaban J connectivity index is 3.79. The van der Waals surface area contributed by atoms with Crippen LogP contribution in [0, 0.1) is 0 Å². The highest BCUT2D eigenvalue weighted by atomic mass is 31.2. The van der Waals surface area contributed by atoms with Gasteiger partial charge in [-0.3, -0.25) is 18.6 Å². The van der Waals surface area contributed by atoms with Crippen molar-refractivity contribution >= 4 is 19.8 Å². The number of hydrogen-bond donors (Lipinski definition) is 2. The largest absolute Gasteiger partial charge is 0.472 e.